The Morgan fingerprint density at radius 1 is 1.37 bits per heavy atom. The molecular weight excluding hydrogens is 242 g/mol. The highest BCUT2D eigenvalue weighted by atomic mass is 16.2. The van der Waals surface area contributed by atoms with Gasteiger partial charge in [0.05, 0.1) is 5.41 Å². The molecule has 1 heterocycles. The van der Waals surface area contributed by atoms with Gasteiger partial charge in [-0.2, -0.15) is 0 Å². The molecule has 19 heavy (non-hydrogen) atoms. The van der Waals surface area contributed by atoms with Crippen molar-refractivity contribution in [1.29, 1.82) is 0 Å². The summed E-state index contributed by atoms with van der Waals surface area (Å²) < 4.78 is 0. The molecular formula is C14H25N3O2. The number of hydrogen-bond acceptors (Lipinski definition) is 3. The first kappa shape index (κ1) is 14.3. The van der Waals surface area contributed by atoms with Crippen LogP contribution in [0.2, 0.25) is 0 Å². The van der Waals surface area contributed by atoms with Crippen LogP contribution >= 0.6 is 0 Å². The van der Waals surface area contributed by atoms with Crippen LogP contribution < -0.4 is 16.0 Å². The Labute approximate surface area is 114 Å². The van der Waals surface area contributed by atoms with Gasteiger partial charge >= 0.3 is 0 Å². The van der Waals surface area contributed by atoms with E-state index in [2.05, 4.69) is 22.9 Å². The number of carbonyl (C=O) groups excluding carboxylic acids is 2. The van der Waals surface area contributed by atoms with E-state index in [4.69, 9.17) is 0 Å². The van der Waals surface area contributed by atoms with Crippen LogP contribution in [0.4, 0.5) is 0 Å². The van der Waals surface area contributed by atoms with Gasteiger partial charge in [0.25, 0.3) is 0 Å². The minimum atomic E-state index is -0.273. The lowest BCUT2D eigenvalue weighted by atomic mass is 9.77. The first-order valence-electron chi connectivity index (χ1n) is 7.45. The molecule has 0 bridgehead atoms. The van der Waals surface area contributed by atoms with E-state index in [0.29, 0.717) is 19.0 Å². The Morgan fingerprint density at radius 3 is 2.74 bits per heavy atom. The van der Waals surface area contributed by atoms with Gasteiger partial charge < -0.3 is 16.0 Å². The SMILES string of the molecule is CCC1(C(=O)NCCC(=O)NC2CC2)CCCNC1. The van der Waals surface area contributed by atoms with Crippen molar-refractivity contribution in [3.63, 3.8) is 0 Å². The summed E-state index contributed by atoms with van der Waals surface area (Å²) in [6.45, 7) is 4.26. The van der Waals surface area contributed by atoms with Crippen LogP contribution in [0.15, 0.2) is 0 Å². The summed E-state index contributed by atoms with van der Waals surface area (Å²) in [5, 5.41) is 9.16. The number of amides is 2. The van der Waals surface area contributed by atoms with Crippen molar-refractivity contribution in [3.8, 4) is 0 Å². The van der Waals surface area contributed by atoms with Gasteiger partial charge in [-0.15, -0.1) is 0 Å². The highest BCUT2D eigenvalue weighted by Gasteiger charge is 2.37. The molecule has 0 aromatic rings. The third-order valence-corrected chi connectivity index (χ3v) is 4.21. The van der Waals surface area contributed by atoms with E-state index in [0.717, 1.165) is 45.2 Å². The van der Waals surface area contributed by atoms with Gasteiger partial charge in [0, 0.05) is 25.6 Å². The molecule has 5 nitrogen and oxygen atoms in total. The fourth-order valence-electron chi connectivity index (χ4n) is 2.63. The van der Waals surface area contributed by atoms with Crippen LogP contribution in [0.3, 0.4) is 0 Å². The molecule has 2 fully saturated rings. The van der Waals surface area contributed by atoms with E-state index < -0.39 is 0 Å². The van der Waals surface area contributed by atoms with Crippen LogP contribution in [-0.4, -0.2) is 37.5 Å². The first-order valence-corrected chi connectivity index (χ1v) is 7.45. The molecule has 0 spiro atoms. The Kier molecular flexibility index (Phi) is 4.80. The van der Waals surface area contributed by atoms with Crippen molar-refractivity contribution < 1.29 is 9.59 Å². The van der Waals surface area contributed by atoms with Crippen LogP contribution in [-0.2, 0) is 9.59 Å². The van der Waals surface area contributed by atoms with Gasteiger partial charge in [-0.05, 0) is 38.6 Å². The van der Waals surface area contributed by atoms with Crippen molar-refractivity contribution >= 4 is 11.8 Å². The summed E-state index contributed by atoms with van der Waals surface area (Å²) >= 11 is 0. The normalized spacial score (nSPS) is 26.8. The maximum Gasteiger partial charge on any atom is 0.227 e. The Morgan fingerprint density at radius 2 is 2.16 bits per heavy atom. The average Bonchev–Trinajstić information content (AvgIpc) is 3.23. The Bertz CT molecular complexity index is 334. The van der Waals surface area contributed by atoms with Gasteiger partial charge in [0.1, 0.15) is 0 Å². The number of piperidine rings is 1. The Hall–Kier alpha value is -1.10. The molecule has 1 unspecified atom stereocenters. The van der Waals surface area contributed by atoms with E-state index in [1.165, 1.54) is 0 Å². The van der Waals surface area contributed by atoms with Crippen molar-refractivity contribution in [2.24, 2.45) is 5.41 Å². The molecule has 3 N–H and O–H groups in total. The van der Waals surface area contributed by atoms with Gasteiger partial charge in [-0.1, -0.05) is 6.92 Å². The zero-order valence-electron chi connectivity index (χ0n) is 11.8. The predicted molar refractivity (Wildman–Crippen MR) is 73.6 cm³/mol. The smallest absolute Gasteiger partial charge is 0.227 e. The summed E-state index contributed by atoms with van der Waals surface area (Å²) in [5.74, 6) is 0.150. The highest BCUT2D eigenvalue weighted by molar-refractivity contribution is 5.84. The molecule has 108 valence electrons. The molecule has 1 aliphatic carbocycles. The van der Waals surface area contributed by atoms with Gasteiger partial charge in [-0.3, -0.25) is 9.59 Å². The molecule has 0 radical (unpaired) electrons. The molecule has 1 atom stereocenters. The third kappa shape index (κ3) is 3.93. The lowest BCUT2D eigenvalue weighted by Crippen LogP contribution is -2.50. The van der Waals surface area contributed by atoms with Crippen LogP contribution in [0.5, 0.6) is 0 Å². The van der Waals surface area contributed by atoms with Crippen LogP contribution in [0.25, 0.3) is 0 Å². The molecule has 0 aromatic carbocycles. The van der Waals surface area contributed by atoms with Crippen LogP contribution in [0, 0.1) is 5.41 Å². The van der Waals surface area contributed by atoms with Crippen LogP contribution in [0.1, 0.15) is 45.4 Å². The monoisotopic (exact) mass is 267 g/mol. The molecule has 2 rings (SSSR count). The quantitative estimate of drug-likeness (QED) is 0.658. The topological polar surface area (TPSA) is 70.2 Å². The first-order chi connectivity index (χ1) is 9.16. The zero-order valence-corrected chi connectivity index (χ0v) is 11.8. The molecule has 0 aromatic heterocycles. The zero-order chi connectivity index (χ0) is 13.7. The molecule has 1 saturated carbocycles. The second-order valence-electron chi connectivity index (χ2n) is 5.76. The highest BCUT2D eigenvalue weighted by Crippen LogP contribution is 2.30. The lowest BCUT2D eigenvalue weighted by Gasteiger charge is -2.35. The minimum Gasteiger partial charge on any atom is -0.355 e. The van der Waals surface area contributed by atoms with Crippen molar-refractivity contribution in [2.45, 2.75) is 51.5 Å². The summed E-state index contributed by atoms with van der Waals surface area (Å²) in [7, 11) is 0. The number of hydrogen-bond donors (Lipinski definition) is 3. The average molecular weight is 267 g/mol. The summed E-state index contributed by atoms with van der Waals surface area (Å²) in [6.07, 6.45) is 5.42. The molecule has 2 amide bonds. The summed E-state index contributed by atoms with van der Waals surface area (Å²) in [6, 6.07) is 0.396. The fourth-order valence-corrected chi connectivity index (χ4v) is 2.63. The van der Waals surface area contributed by atoms with E-state index in [9.17, 15) is 9.59 Å². The molecule has 1 saturated heterocycles. The van der Waals surface area contributed by atoms with Crippen molar-refractivity contribution in [2.75, 3.05) is 19.6 Å². The van der Waals surface area contributed by atoms with Crippen molar-refractivity contribution in [1.82, 2.24) is 16.0 Å². The van der Waals surface area contributed by atoms with E-state index in [1.54, 1.807) is 0 Å². The largest absolute Gasteiger partial charge is 0.355 e. The number of nitrogens with one attached hydrogen (secondary N) is 3. The summed E-state index contributed by atoms with van der Waals surface area (Å²) in [5.41, 5.74) is -0.273. The fraction of sp³-hybridized carbons (Fsp3) is 0.857. The predicted octanol–water partition coefficient (Wildman–Crippen LogP) is 0.551. The molecule has 1 aliphatic heterocycles. The van der Waals surface area contributed by atoms with Gasteiger partial charge in [-0.25, -0.2) is 0 Å². The molecule has 5 heteroatoms. The van der Waals surface area contributed by atoms with E-state index in [-0.39, 0.29) is 17.2 Å². The standard InChI is InChI=1S/C14H25N3O2/c1-2-14(7-3-8-15-10-14)13(19)16-9-6-12(18)17-11-4-5-11/h11,15H,2-10H2,1H3,(H,16,19)(H,17,18). The lowest BCUT2D eigenvalue weighted by molar-refractivity contribution is -0.132. The molecule has 2 aliphatic rings. The second kappa shape index (κ2) is 6.37. The number of carbonyl (C=O) groups is 2. The second-order valence-corrected chi connectivity index (χ2v) is 5.76. The summed E-state index contributed by atoms with van der Waals surface area (Å²) in [4.78, 5) is 23.8. The van der Waals surface area contributed by atoms with Gasteiger partial charge in [0.15, 0.2) is 0 Å². The van der Waals surface area contributed by atoms with Gasteiger partial charge in [0.2, 0.25) is 11.8 Å². The number of rotatable bonds is 6. The maximum atomic E-state index is 12.3. The third-order valence-electron chi connectivity index (χ3n) is 4.21. The van der Waals surface area contributed by atoms with E-state index >= 15 is 0 Å². The maximum absolute atomic E-state index is 12.3. The van der Waals surface area contributed by atoms with E-state index in [1.807, 2.05) is 0 Å². The van der Waals surface area contributed by atoms with Crippen molar-refractivity contribution in [3.05, 3.63) is 0 Å². The minimum absolute atomic E-state index is 0.0510. The Balaban J connectivity index is 1.71.